The standard InChI is InChI=1S/C11H10ClFN4/c1-6-2-3-8(7(13)4-6)15-10-5-9(12)16-11(14)17-10/h2-5H,1H3,(H3,14,15,16,17). The van der Waals surface area contributed by atoms with E-state index in [0.29, 0.717) is 11.5 Å². The molecular weight excluding hydrogens is 243 g/mol. The summed E-state index contributed by atoms with van der Waals surface area (Å²) >= 11 is 5.72. The molecule has 0 aliphatic rings. The minimum Gasteiger partial charge on any atom is -0.368 e. The number of nitrogens with one attached hydrogen (secondary N) is 1. The molecule has 1 aromatic heterocycles. The van der Waals surface area contributed by atoms with Crippen LogP contribution in [0.5, 0.6) is 0 Å². The Morgan fingerprint density at radius 1 is 1.29 bits per heavy atom. The lowest BCUT2D eigenvalue weighted by atomic mass is 10.2. The van der Waals surface area contributed by atoms with Crippen molar-refractivity contribution >= 4 is 29.1 Å². The smallest absolute Gasteiger partial charge is 0.223 e. The maximum Gasteiger partial charge on any atom is 0.223 e. The summed E-state index contributed by atoms with van der Waals surface area (Å²) in [5, 5.41) is 2.99. The molecule has 4 nitrogen and oxygen atoms in total. The van der Waals surface area contributed by atoms with Crippen LogP contribution in [0.2, 0.25) is 5.15 Å². The Labute approximate surface area is 103 Å². The van der Waals surface area contributed by atoms with E-state index in [1.807, 2.05) is 6.92 Å². The van der Waals surface area contributed by atoms with Crippen LogP contribution < -0.4 is 11.1 Å². The monoisotopic (exact) mass is 252 g/mol. The zero-order valence-electron chi connectivity index (χ0n) is 9.04. The van der Waals surface area contributed by atoms with Crippen LogP contribution in [-0.2, 0) is 0 Å². The molecule has 0 saturated heterocycles. The summed E-state index contributed by atoms with van der Waals surface area (Å²) < 4.78 is 13.6. The second-order valence-electron chi connectivity index (χ2n) is 3.54. The highest BCUT2D eigenvalue weighted by atomic mass is 35.5. The van der Waals surface area contributed by atoms with Crippen molar-refractivity contribution in [2.45, 2.75) is 6.92 Å². The number of anilines is 3. The molecule has 88 valence electrons. The van der Waals surface area contributed by atoms with E-state index < -0.39 is 0 Å². The van der Waals surface area contributed by atoms with Gasteiger partial charge < -0.3 is 11.1 Å². The Hall–Kier alpha value is -1.88. The van der Waals surface area contributed by atoms with E-state index in [1.165, 1.54) is 12.1 Å². The molecule has 17 heavy (non-hydrogen) atoms. The Balaban J connectivity index is 2.31. The summed E-state index contributed by atoms with van der Waals surface area (Å²) in [4.78, 5) is 7.61. The molecule has 0 amide bonds. The van der Waals surface area contributed by atoms with Crippen LogP contribution in [0.25, 0.3) is 0 Å². The summed E-state index contributed by atoms with van der Waals surface area (Å²) in [6.07, 6.45) is 0. The molecule has 2 aromatic rings. The lowest BCUT2D eigenvalue weighted by Crippen LogP contribution is -2.01. The molecule has 6 heteroatoms. The molecular formula is C11H10ClFN4. The van der Waals surface area contributed by atoms with Gasteiger partial charge in [0.1, 0.15) is 16.8 Å². The molecule has 0 spiro atoms. The van der Waals surface area contributed by atoms with Crippen molar-refractivity contribution in [2.24, 2.45) is 0 Å². The van der Waals surface area contributed by atoms with Crippen molar-refractivity contribution in [1.29, 1.82) is 0 Å². The molecule has 0 fully saturated rings. The number of halogens is 2. The van der Waals surface area contributed by atoms with Gasteiger partial charge in [0.2, 0.25) is 5.95 Å². The van der Waals surface area contributed by atoms with Gasteiger partial charge in [-0.3, -0.25) is 0 Å². The minimum absolute atomic E-state index is 0.0347. The topological polar surface area (TPSA) is 63.8 Å². The van der Waals surface area contributed by atoms with Crippen molar-refractivity contribution in [3.63, 3.8) is 0 Å². The number of hydrogen-bond donors (Lipinski definition) is 2. The van der Waals surface area contributed by atoms with Gasteiger partial charge in [0, 0.05) is 6.07 Å². The van der Waals surface area contributed by atoms with Crippen LogP contribution in [0.1, 0.15) is 5.56 Å². The van der Waals surface area contributed by atoms with Gasteiger partial charge in [-0.15, -0.1) is 0 Å². The number of aryl methyl sites for hydroxylation is 1. The van der Waals surface area contributed by atoms with Crippen molar-refractivity contribution < 1.29 is 4.39 Å². The molecule has 3 N–H and O–H groups in total. The van der Waals surface area contributed by atoms with Crippen LogP contribution in [0.4, 0.5) is 21.8 Å². The number of nitrogens with zero attached hydrogens (tertiary/aromatic N) is 2. The third-order valence-electron chi connectivity index (χ3n) is 2.10. The third kappa shape index (κ3) is 2.82. The summed E-state index contributed by atoms with van der Waals surface area (Å²) in [6, 6.07) is 6.31. The lowest BCUT2D eigenvalue weighted by Gasteiger charge is -2.07. The quantitative estimate of drug-likeness (QED) is 0.807. The molecule has 0 unspecified atom stereocenters. The highest BCUT2D eigenvalue weighted by Crippen LogP contribution is 2.21. The predicted molar refractivity (Wildman–Crippen MR) is 65.9 cm³/mol. The van der Waals surface area contributed by atoms with Crippen LogP contribution in [0.3, 0.4) is 0 Å². The van der Waals surface area contributed by atoms with Crippen LogP contribution in [0.15, 0.2) is 24.3 Å². The average Bonchev–Trinajstić information content (AvgIpc) is 2.21. The number of rotatable bonds is 2. The first-order valence-corrected chi connectivity index (χ1v) is 5.25. The maximum absolute atomic E-state index is 13.6. The average molecular weight is 253 g/mol. The van der Waals surface area contributed by atoms with E-state index in [-0.39, 0.29) is 16.9 Å². The predicted octanol–water partition coefficient (Wildman–Crippen LogP) is 2.90. The van der Waals surface area contributed by atoms with Crippen molar-refractivity contribution in [1.82, 2.24) is 9.97 Å². The van der Waals surface area contributed by atoms with Crippen LogP contribution >= 0.6 is 11.6 Å². The molecule has 0 aliphatic heterocycles. The van der Waals surface area contributed by atoms with E-state index in [4.69, 9.17) is 17.3 Å². The highest BCUT2D eigenvalue weighted by Gasteiger charge is 2.05. The first-order valence-electron chi connectivity index (χ1n) is 4.88. The number of nitrogens with two attached hydrogens (primary N) is 1. The first kappa shape index (κ1) is 11.6. The first-order chi connectivity index (χ1) is 8.04. The van der Waals surface area contributed by atoms with Crippen molar-refractivity contribution in [2.75, 3.05) is 11.1 Å². The summed E-state index contributed by atoms with van der Waals surface area (Å²) in [5.74, 6) is 0.0241. The molecule has 0 bridgehead atoms. The Morgan fingerprint density at radius 2 is 2.06 bits per heavy atom. The fourth-order valence-electron chi connectivity index (χ4n) is 1.36. The van der Waals surface area contributed by atoms with E-state index in [1.54, 1.807) is 12.1 Å². The molecule has 0 aliphatic carbocycles. The summed E-state index contributed by atoms with van der Waals surface area (Å²) in [7, 11) is 0. The van der Waals surface area contributed by atoms with Crippen LogP contribution in [-0.4, -0.2) is 9.97 Å². The Morgan fingerprint density at radius 3 is 2.71 bits per heavy atom. The van der Waals surface area contributed by atoms with Gasteiger partial charge in [0.05, 0.1) is 5.69 Å². The number of benzene rings is 1. The SMILES string of the molecule is Cc1ccc(Nc2cc(Cl)nc(N)n2)c(F)c1. The number of hydrogen-bond acceptors (Lipinski definition) is 4. The van der Waals surface area contributed by atoms with Gasteiger partial charge in [-0.05, 0) is 24.6 Å². The van der Waals surface area contributed by atoms with E-state index >= 15 is 0 Å². The van der Waals surface area contributed by atoms with Crippen molar-refractivity contribution in [3.05, 3.63) is 40.8 Å². The van der Waals surface area contributed by atoms with Gasteiger partial charge >= 0.3 is 0 Å². The molecule has 0 radical (unpaired) electrons. The van der Waals surface area contributed by atoms with Gasteiger partial charge in [0.15, 0.2) is 0 Å². The fourth-order valence-corrected chi connectivity index (χ4v) is 1.55. The van der Waals surface area contributed by atoms with Gasteiger partial charge in [-0.1, -0.05) is 17.7 Å². The van der Waals surface area contributed by atoms with Gasteiger partial charge in [-0.25, -0.2) is 9.37 Å². The molecule has 2 rings (SSSR count). The summed E-state index contributed by atoms with van der Waals surface area (Å²) in [5.41, 5.74) is 6.59. The Bertz CT molecular complexity index is 539. The second-order valence-corrected chi connectivity index (χ2v) is 3.93. The molecule has 1 aromatic carbocycles. The number of aromatic nitrogens is 2. The van der Waals surface area contributed by atoms with E-state index in [9.17, 15) is 4.39 Å². The summed E-state index contributed by atoms with van der Waals surface area (Å²) in [6.45, 7) is 1.81. The van der Waals surface area contributed by atoms with Gasteiger partial charge in [-0.2, -0.15) is 4.98 Å². The lowest BCUT2D eigenvalue weighted by molar-refractivity contribution is 0.630. The molecule has 0 saturated carbocycles. The number of nitrogen functional groups attached to an aromatic ring is 1. The fraction of sp³-hybridized carbons (Fsp3) is 0.0909. The zero-order valence-corrected chi connectivity index (χ0v) is 9.79. The Kier molecular flexibility index (Phi) is 3.10. The maximum atomic E-state index is 13.6. The molecule has 1 heterocycles. The normalized spacial score (nSPS) is 10.3. The van der Waals surface area contributed by atoms with Gasteiger partial charge in [0.25, 0.3) is 0 Å². The zero-order chi connectivity index (χ0) is 12.4. The highest BCUT2D eigenvalue weighted by molar-refractivity contribution is 6.29. The van der Waals surface area contributed by atoms with Crippen molar-refractivity contribution in [3.8, 4) is 0 Å². The second kappa shape index (κ2) is 4.55. The van der Waals surface area contributed by atoms with E-state index in [2.05, 4.69) is 15.3 Å². The molecule has 0 atom stereocenters. The largest absolute Gasteiger partial charge is 0.368 e. The van der Waals surface area contributed by atoms with E-state index in [0.717, 1.165) is 5.56 Å². The third-order valence-corrected chi connectivity index (χ3v) is 2.29. The van der Waals surface area contributed by atoms with Crippen LogP contribution in [0, 0.1) is 12.7 Å². The minimum atomic E-state index is -0.363.